The molecule has 0 aliphatic carbocycles. The molecule has 0 unspecified atom stereocenters. The van der Waals surface area contributed by atoms with E-state index in [9.17, 15) is 0 Å². The average Bonchev–Trinajstić information content (AvgIpc) is 2.83. The van der Waals surface area contributed by atoms with Gasteiger partial charge in [0.05, 0.1) is 0 Å². The molecule has 0 spiro atoms. The van der Waals surface area contributed by atoms with E-state index < -0.39 is 5.97 Å². The minimum absolute atomic E-state index is 0. The monoisotopic (exact) mass is 568 g/mol. The number of hydrogen-bond acceptors (Lipinski definition) is 1. The van der Waals surface area contributed by atoms with Crippen molar-refractivity contribution in [3.63, 3.8) is 0 Å². The molecule has 0 saturated heterocycles. The van der Waals surface area contributed by atoms with Gasteiger partial charge in [-0.05, 0) is 21.2 Å². The molecule has 0 radical (unpaired) electrons. The van der Waals surface area contributed by atoms with Gasteiger partial charge in [0.25, 0.3) is 5.97 Å². The molecule has 0 atom stereocenters. The molecule has 0 heterocycles. The first kappa shape index (κ1) is 30.9. The summed E-state index contributed by atoms with van der Waals surface area (Å²) in [7, 11) is 1.55. The van der Waals surface area contributed by atoms with Crippen LogP contribution in [0.1, 0.15) is 20.8 Å². The predicted molar refractivity (Wildman–Crippen MR) is 146 cm³/mol. The van der Waals surface area contributed by atoms with Crippen molar-refractivity contribution in [2.45, 2.75) is 20.8 Å². The first-order valence-electron chi connectivity index (χ1n) is 10.6. The van der Waals surface area contributed by atoms with Gasteiger partial charge in [0.2, 0.25) is 0 Å². The van der Waals surface area contributed by atoms with Gasteiger partial charge in [-0.2, -0.15) is 0 Å². The van der Waals surface area contributed by atoms with E-state index in [0.717, 1.165) is 24.1 Å². The van der Waals surface area contributed by atoms with Crippen LogP contribution in [0.5, 0.6) is 0 Å². The van der Waals surface area contributed by atoms with Gasteiger partial charge < -0.3 is 5.11 Å². The second kappa shape index (κ2) is 20.5. The minimum atomic E-state index is -0.833. The first-order chi connectivity index (χ1) is 15.6. The molecule has 4 rings (SSSR count). The summed E-state index contributed by atoms with van der Waals surface area (Å²) in [6, 6.07) is 42.3. The van der Waals surface area contributed by atoms with E-state index in [-0.39, 0.29) is 20.4 Å². The van der Waals surface area contributed by atoms with Gasteiger partial charge in [-0.1, -0.05) is 152 Å². The fourth-order valence-corrected chi connectivity index (χ4v) is 4.52. The van der Waals surface area contributed by atoms with Gasteiger partial charge in [-0.3, -0.25) is 4.79 Å². The summed E-state index contributed by atoms with van der Waals surface area (Å²) in [5, 5.41) is 13.0. The van der Waals surface area contributed by atoms with E-state index in [4.69, 9.17) is 9.90 Å². The van der Waals surface area contributed by atoms with E-state index in [0.29, 0.717) is 0 Å². The maximum absolute atomic E-state index is 9.00. The third-order valence-electron chi connectivity index (χ3n) is 3.67. The van der Waals surface area contributed by atoms with Crippen molar-refractivity contribution in [3.8, 4) is 0 Å². The van der Waals surface area contributed by atoms with Crippen molar-refractivity contribution < 1.29 is 30.3 Å². The molecular formula is C28H32O2P2Pd. The van der Waals surface area contributed by atoms with E-state index >= 15 is 0 Å². The van der Waals surface area contributed by atoms with Crippen LogP contribution in [0.3, 0.4) is 0 Å². The van der Waals surface area contributed by atoms with Crippen LogP contribution in [0.15, 0.2) is 121 Å². The Labute approximate surface area is 216 Å². The Morgan fingerprint density at radius 1 is 0.515 bits per heavy atom. The molecule has 0 amide bonds. The smallest absolute Gasteiger partial charge is 0.300 e. The number of benzene rings is 4. The standard InChI is InChI=1S/2C12H11P.C2H4O2.C2H6.Pd/c2*1-3-7-11(8-4-1)13-12-9-5-2-6-10-12;1-2(3)4;1-2;/h2*1-10,13H;1H3,(H,3,4);1-2H3;. The second-order valence-corrected chi connectivity index (χ2v) is 9.04. The van der Waals surface area contributed by atoms with Crippen molar-refractivity contribution in [3.05, 3.63) is 121 Å². The normalized spacial score (nSPS) is 8.70. The van der Waals surface area contributed by atoms with E-state index in [1.54, 1.807) is 0 Å². The summed E-state index contributed by atoms with van der Waals surface area (Å²) < 4.78 is 0. The Bertz CT molecular complexity index is 812. The zero-order valence-electron chi connectivity index (χ0n) is 19.2. The molecule has 5 heteroatoms. The minimum Gasteiger partial charge on any atom is -0.481 e. The SMILES string of the molecule is CC.CC(=O)O.[Pd].c1ccc(Pc2ccccc2)cc1.c1ccc(Pc2ccccc2)cc1. The van der Waals surface area contributed by atoms with Gasteiger partial charge in [-0.25, -0.2) is 0 Å². The van der Waals surface area contributed by atoms with Crippen molar-refractivity contribution in [1.29, 1.82) is 0 Å². The average molecular weight is 569 g/mol. The molecule has 0 bridgehead atoms. The molecule has 2 nitrogen and oxygen atoms in total. The second-order valence-electron chi connectivity index (χ2n) is 6.23. The van der Waals surface area contributed by atoms with Gasteiger partial charge in [0, 0.05) is 27.3 Å². The zero-order valence-corrected chi connectivity index (χ0v) is 22.8. The number of carbonyl (C=O) groups is 1. The van der Waals surface area contributed by atoms with Gasteiger partial charge >= 0.3 is 0 Å². The third-order valence-corrected chi connectivity index (χ3v) is 6.16. The van der Waals surface area contributed by atoms with Crippen molar-refractivity contribution in [2.24, 2.45) is 0 Å². The quantitative estimate of drug-likeness (QED) is 0.252. The molecule has 0 fully saturated rings. The fourth-order valence-electron chi connectivity index (χ4n) is 2.42. The number of carboxylic acids is 1. The maximum atomic E-state index is 9.00. The van der Waals surface area contributed by atoms with Crippen LogP contribution in [0.2, 0.25) is 0 Å². The Balaban J connectivity index is 0.000000491. The summed E-state index contributed by atoms with van der Waals surface area (Å²) in [5.41, 5.74) is 0. The molecular weight excluding hydrogens is 537 g/mol. The summed E-state index contributed by atoms with van der Waals surface area (Å²) in [6.07, 6.45) is 0. The molecule has 0 aliphatic heterocycles. The molecule has 4 aromatic carbocycles. The van der Waals surface area contributed by atoms with Crippen molar-refractivity contribution in [1.82, 2.24) is 0 Å². The first-order valence-corrected chi connectivity index (χ1v) is 12.6. The molecule has 33 heavy (non-hydrogen) atoms. The van der Waals surface area contributed by atoms with Gasteiger partial charge in [0.15, 0.2) is 0 Å². The van der Waals surface area contributed by atoms with Gasteiger partial charge in [0.1, 0.15) is 0 Å². The molecule has 1 N–H and O–H groups in total. The van der Waals surface area contributed by atoms with E-state index in [1.165, 1.54) is 21.2 Å². The number of aliphatic carboxylic acids is 1. The summed E-state index contributed by atoms with van der Waals surface area (Å²) in [6.45, 7) is 5.08. The molecule has 0 saturated carbocycles. The van der Waals surface area contributed by atoms with E-state index in [1.807, 2.05) is 13.8 Å². The van der Waals surface area contributed by atoms with E-state index in [2.05, 4.69) is 121 Å². The van der Waals surface area contributed by atoms with Crippen LogP contribution in [0, 0.1) is 0 Å². The van der Waals surface area contributed by atoms with Crippen LogP contribution >= 0.6 is 17.2 Å². The molecule has 0 aliphatic rings. The van der Waals surface area contributed by atoms with Crippen molar-refractivity contribution in [2.75, 3.05) is 0 Å². The summed E-state index contributed by atoms with van der Waals surface area (Å²) >= 11 is 0. The molecule has 0 aromatic heterocycles. The predicted octanol–water partition coefficient (Wildman–Crippen LogP) is 5.75. The molecule has 176 valence electrons. The topological polar surface area (TPSA) is 37.3 Å². The van der Waals surface area contributed by atoms with Crippen LogP contribution in [-0.4, -0.2) is 11.1 Å². The largest absolute Gasteiger partial charge is 0.481 e. The molecule has 4 aromatic rings. The summed E-state index contributed by atoms with van der Waals surface area (Å²) in [4.78, 5) is 9.00. The Kier molecular flexibility index (Phi) is 19.2. The number of rotatable bonds is 4. The Morgan fingerprint density at radius 2 is 0.667 bits per heavy atom. The Morgan fingerprint density at radius 3 is 0.818 bits per heavy atom. The maximum Gasteiger partial charge on any atom is 0.300 e. The van der Waals surface area contributed by atoms with Crippen LogP contribution in [0.4, 0.5) is 0 Å². The number of hydrogen-bond donors (Lipinski definition) is 1. The fraction of sp³-hybridized carbons (Fsp3) is 0.107. The number of carboxylic acid groups (broad SMARTS) is 1. The zero-order chi connectivity index (χ0) is 23.4. The van der Waals surface area contributed by atoms with Crippen molar-refractivity contribution >= 4 is 44.3 Å². The van der Waals surface area contributed by atoms with Crippen LogP contribution in [0.25, 0.3) is 0 Å². The van der Waals surface area contributed by atoms with Crippen LogP contribution < -0.4 is 21.2 Å². The summed E-state index contributed by atoms with van der Waals surface area (Å²) in [5.74, 6) is -0.833. The van der Waals surface area contributed by atoms with Crippen LogP contribution in [-0.2, 0) is 25.2 Å². The Hall–Kier alpha value is -2.13. The van der Waals surface area contributed by atoms with Gasteiger partial charge in [-0.15, -0.1) is 0 Å². The third kappa shape index (κ3) is 16.2.